The number of hydrogen-bond acceptors (Lipinski definition) is 3. The Morgan fingerprint density at radius 3 is 2.86 bits per heavy atom. The number of hydrogen-bond donors (Lipinski definition) is 2. The van der Waals surface area contributed by atoms with Gasteiger partial charge in [0.05, 0.1) is 12.7 Å². The van der Waals surface area contributed by atoms with Gasteiger partial charge in [-0.05, 0) is 61.5 Å². The zero-order chi connectivity index (χ0) is 14.8. The second-order valence-corrected chi connectivity index (χ2v) is 6.36. The van der Waals surface area contributed by atoms with Crippen LogP contribution in [-0.2, 0) is 4.74 Å². The van der Waals surface area contributed by atoms with Crippen LogP contribution >= 0.6 is 12.2 Å². The molecule has 1 aromatic rings. The molecule has 21 heavy (non-hydrogen) atoms. The summed E-state index contributed by atoms with van der Waals surface area (Å²) in [5.74, 6) is 1.32. The van der Waals surface area contributed by atoms with Crippen molar-refractivity contribution in [2.24, 2.45) is 11.8 Å². The molecule has 0 radical (unpaired) electrons. The van der Waals surface area contributed by atoms with Crippen molar-refractivity contribution in [3.63, 3.8) is 0 Å². The summed E-state index contributed by atoms with van der Waals surface area (Å²) in [6.45, 7) is 0. The fourth-order valence-corrected chi connectivity index (χ4v) is 3.87. The van der Waals surface area contributed by atoms with Gasteiger partial charge in [-0.25, -0.2) is 4.79 Å². The molecule has 3 atom stereocenters. The molecule has 0 aromatic heterocycles. The molecule has 0 amide bonds. The summed E-state index contributed by atoms with van der Waals surface area (Å²) < 4.78 is 4.72. The molecule has 112 valence electrons. The van der Waals surface area contributed by atoms with Crippen LogP contribution in [0, 0.1) is 11.8 Å². The minimum atomic E-state index is -0.342. The first-order valence-electron chi connectivity index (χ1n) is 7.41. The Labute approximate surface area is 130 Å². The minimum absolute atomic E-state index is 0.342. The first-order chi connectivity index (χ1) is 10.2. The van der Waals surface area contributed by atoms with E-state index in [-0.39, 0.29) is 5.97 Å². The first kappa shape index (κ1) is 14.3. The van der Waals surface area contributed by atoms with E-state index in [1.165, 1.54) is 32.8 Å². The smallest absolute Gasteiger partial charge is 0.337 e. The predicted octanol–water partition coefficient (Wildman–Crippen LogP) is 2.95. The van der Waals surface area contributed by atoms with Crippen LogP contribution in [0.4, 0.5) is 5.69 Å². The number of rotatable bonds is 3. The van der Waals surface area contributed by atoms with Gasteiger partial charge in [-0.1, -0.05) is 12.5 Å². The fraction of sp³-hybridized carbons (Fsp3) is 0.500. The van der Waals surface area contributed by atoms with Gasteiger partial charge in [0, 0.05) is 11.7 Å². The summed E-state index contributed by atoms with van der Waals surface area (Å²) in [5, 5.41) is 7.22. The van der Waals surface area contributed by atoms with E-state index in [0.717, 1.165) is 17.5 Å². The van der Waals surface area contributed by atoms with Crippen molar-refractivity contribution < 1.29 is 9.53 Å². The van der Waals surface area contributed by atoms with Gasteiger partial charge < -0.3 is 15.4 Å². The average Bonchev–Trinajstić information content (AvgIpc) is 3.09. The van der Waals surface area contributed by atoms with Crippen LogP contribution in [0.2, 0.25) is 0 Å². The second-order valence-electron chi connectivity index (χ2n) is 5.95. The largest absolute Gasteiger partial charge is 0.465 e. The maximum absolute atomic E-state index is 11.5. The zero-order valence-corrected chi connectivity index (χ0v) is 12.9. The van der Waals surface area contributed by atoms with E-state index in [9.17, 15) is 4.79 Å². The maximum Gasteiger partial charge on any atom is 0.337 e. The summed E-state index contributed by atoms with van der Waals surface area (Å²) in [5.41, 5.74) is 1.32. The van der Waals surface area contributed by atoms with E-state index < -0.39 is 0 Å². The Morgan fingerprint density at radius 1 is 1.33 bits per heavy atom. The molecule has 0 unspecified atom stereocenters. The number of fused-ring (bicyclic) bond motifs is 2. The molecule has 3 rings (SSSR count). The minimum Gasteiger partial charge on any atom is -0.465 e. The second kappa shape index (κ2) is 6.02. The Hall–Kier alpha value is -1.62. The number of anilines is 1. The van der Waals surface area contributed by atoms with E-state index in [1.54, 1.807) is 12.1 Å². The Balaban J connectivity index is 1.58. The van der Waals surface area contributed by atoms with E-state index in [2.05, 4.69) is 10.6 Å². The van der Waals surface area contributed by atoms with E-state index in [0.29, 0.717) is 16.7 Å². The number of ether oxygens (including phenoxy) is 1. The Morgan fingerprint density at radius 2 is 2.19 bits per heavy atom. The fourth-order valence-electron chi connectivity index (χ4n) is 3.60. The zero-order valence-electron chi connectivity index (χ0n) is 12.1. The van der Waals surface area contributed by atoms with Crippen LogP contribution < -0.4 is 10.6 Å². The van der Waals surface area contributed by atoms with Crippen LogP contribution in [0.3, 0.4) is 0 Å². The first-order valence-corrected chi connectivity index (χ1v) is 7.82. The Kier molecular flexibility index (Phi) is 4.10. The molecule has 2 fully saturated rings. The molecule has 0 saturated heterocycles. The molecular formula is C16H20N2O2S. The van der Waals surface area contributed by atoms with Crippen LogP contribution in [-0.4, -0.2) is 24.2 Å². The van der Waals surface area contributed by atoms with Gasteiger partial charge in [0.2, 0.25) is 0 Å². The Bertz CT molecular complexity index is 561. The maximum atomic E-state index is 11.5. The molecular weight excluding hydrogens is 284 g/mol. The standard InChI is InChI=1S/C16H20N2O2S/c1-20-15(19)12-3-2-4-13(9-12)17-16(21)18-14-8-10-5-6-11(14)7-10/h2-4,9-11,14H,5-8H2,1H3,(H2,17,18,21)/t10-,11-,14-/m0/s1. The lowest BCUT2D eigenvalue weighted by Gasteiger charge is -2.24. The van der Waals surface area contributed by atoms with Gasteiger partial charge in [-0.3, -0.25) is 0 Å². The van der Waals surface area contributed by atoms with Gasteiger partial charge in [-0.15, -0.1) is 0 Å². The lowest BCUT2D eigenvalue weighted by Crippen LogP contribution is -2.40. The van der Waals surface area contributed by atoms with Crippen molar-refractivity contribution in [2.75, 3.05) is 12.4 Å². The SMILES string of the molecule is COC(=O)c1cccc(NC(=S)N[C@H]2C[C@H]3CC[C@H]2C3)c1. The number of nitrogens with one attached hydrogen (secondary N) is 2. The summed E-state index contributed by atoms with van der Waals surface area (Å²) in [7, 11) is 1.38. The molecule has 2 bridgehead atoms. The van der Waals surface area contributed by atoms with E-state index in [4.69, 9.17) is 17.0 Å². The van der Waals surface area contributed by atoms with Crippen molar-refractivity contribution in [1.29, 1.82) is 0 Å². The number of esters is 1. The van der Waals surface area contributed by atoms with Crippen molar-refractivity contribution in [3.8, 4) is 0 Å². The third kappa shape index (κ3) is 3.18. The highest BCUT2D eigenvalue weighted by Crippen LogP contribution is 2.44. The third-order valence-corrected chi connectivity index (χ3v) is 4.82. The molecule has 2 saturated carbocycles. The molecule has 2 aliphatic carbocycles. The summed E-state index contributed by atoms with van der Waals surface area (Å²) >= 11 is 5.39. The van der Waals surface area contributed by atoms with E-state index in [1.807, 2.05) is 12.1 Å². The summed E-state index contributed by atoms with van der Waals surface area (Å²) in [6.07, 6.45) is 5.28. The molecule has 5 heteroatoms. The molecule has 0 heterocycles. The van der Waals surface area contributed by atoms with Crippen molar-refractivity contribution in [2.45, 2.75) is 31.7 Å². The van der Waals surface area contributed by atoms with Gasteiger partial charge in [-0.2, -0.15) is 0 Å². The molecule has 1 aromatic carbocycles. The van der Waals surface area contributed by atoms with Gasteiger partial charge in [0.25, 0.3) is 0 Å². The highest BCUT2D eigenvalue weighted by molar-refractivity contribution is 7.80. The molecule has 0 spiro atoms. The third-order valence-electron chi connectivity index (χ3n) is 4.60. The van der Waals surface area contributed by atoms with Crippen molar-refractivity contribution >= 4 is 29.0 Å². The number of benzene rings is 1. The van der Waals surface area contributed by atoms with Crippen LogP contribution in [0.25, 0.3) is 0 Å². The predicted molar refractivity (Wildman–Crippen MR) is 86.4 cm³/mol. The highest BCUT2D eigenvalue weighted by atomic mass is 32.1. The lowest BCUT2D eigenvalue weighted by molar-refractivity contribution is 0.0601. The topological polar surface area (TPSA) is 50.4 Å². The van der Waals surface area contributed by atoms with E-state index >= 15 is 0 Å². The summed E-state index contributed by atoms with van der Waals surface area (Å²) in [6, 6.07) is 7.69. The number of carbonyl (C=O) groups excluding carboxylic acids is 1. The van der Waals surface area contributed by atoms with Crippen molar-refractivity contribution in [1.82, 2.24) is 5.32 Å². The molecule has 2 aliphatic rings. The van der Waals surface area contributed by atoms with Crippen molar-refractivity contribution in [3.05, 3.63) is 29.8 Å². The number of methoxy groups -OCH3 is 1. The molecule has 2 N–H and O–H groups in total. The van der Waals surface area contributed by atoms with Crippen LogP contribution in [0.1, 0.15) is 36.0 Å². The number of carbonyl (C=O) groups is 1. The lowest BCUT2D eigenvalue weighted by atomic mass is 9.96. The van der Waals surface area contributed by atoms with Gasteiger partial charge >= 0.3 is 5.97 Å². The number of thiocarbonyl (C=S) groups is 1. The molecule has 4 nitrogen and oxygen atoms in total. The van der Waals surface area contributed by atoms with Gasteiger partial charge in [0.1, 0.15) is 0 Å². The van der Waals surface area contributed by atoms with Gasteiger partial charge in [0.15, 0.2) is 5.11 Å². The average molecular weight is 304 g/mol. The summed E-state index contributed by atoms with van der Waals surface area (Å²) in [4.78, 5) is 11.5. The molecule has 0 aliphatic heterocycles. The van der Waals surface area contributed by atoms with Crippen LogP contribution in [0.5, 0.6) is 0 Å². The highest BCUT2D eigenvalue weighted by Gasteiger charge is 2.39. The van der Waals surface area contributed by atoms with Crippen LogP contribution in [0.15, 0.2) is 24.3 Å². The quantitative estimate of drug-likeness (QED) is 0.664. The normalized spacial score (nSPS) is 26.4. The monoisotopic (exact) mass is 304 g/mol.